The second kappa shape index (κ2) is 6.20. The second-order valence-electron chi connectivity index (χ2n) is 6.43. The van der Waals surface area contributed by atoms with Gasteiger partial charge in [-0.15, -0.1) is 0 Å². The maximum absolute atomic E-state index is 4.95. The van der Waals surface area contributed by atoms with Crippen molar-refractivity contribution >= 4 is 22.9 Å². The minimum absolute atomic E-state index is 0.453. The van der Waals surface area contributed by atoms with Crippen LogP contribution in [0.2, 0.25) is 0 Å². The molecule has 0 bridgehead atoms. The lowest BCUT2D eigenvalue weighted by Crippen LogP contribution is -2.28. The fourth-order valence-corrected chi connectivity index (χ4v) is 5.19. The molecule has 2 unspecified atom stereocenters. The monoisotopic (exact) mass is 316 g/mol. The SMILES string of the molecule is CCN1CCCC1n1c(CC2CCSC2)nc2cccnc21. The molecule has 2 atom stereocenters. The normalized spacial score (nSPS) is 26.2. The van der Waals surface area contributed by atoms with E-state index in [0.717, 1.165) is 30.0 Å². The predicted octanol–water partition coefficient (Wildman–Crippen LogP) is 3.34. The second-order valence-corrected chi connectivity index (χ2v) is 7.58. The van der Waals surface area contributed by atoms with E-state index in [4.69, 9.17) is 4.98 Å². The quantitative estimate of drug-likeness (QED) is 0.866. The molecule has 2 fully saturated rings. The molecule has 0 spiro atoms. The summed E-state index contributed by atoms with van der Waals surface area (Å²) in [4.78, 5) is 12.2. The van der Waals surface area contributed by atoms with Gasteiger partial charge in [-0.1, -0.05) is 6.92 Å². The topological polar surface area (TPSA) is 34.0 Å². The maximum Gasteiger partial charge on any atom is 0.161 e. The number of likely N-dealkylation sites (tertiary alicyclic amines) is 1. The first-order valence-corrected chi connectivity index (χ1v) is 9.66. The third-order valence-electron chi connectivity index (χ3n) is 5.05. The summed E-state index contributed by atoms with van der Waals surface area (Å²) in [5.74, 6) is 4.65. The van der Waals surface area contributed by atoms with Crippen molar-refractivity contribution in [3.05, 3.63) is 24.2 Å². The Morgan fingerprint density at radius 3 is 3.14 bits per heavy atom. The fourth-order valence-electron chi connectivity index (χ4n) is 3.91. The standard InChI is InChI=1S/C17H24N4S/c1-2-20-9-4-6-16(20)21-15(11-13-7-10-22-12-13)19-14-5-3-8-18-17(14)21/h3,5,8,13,16H,2,4,6-7,9-12H2,1H3. The number of rotatable bonds is 4. The minimum Gasteiger partial charge on any atom is -0.296 e. The molecule has 2 aliphatic rings. The highest BCUT2D eigenvalue weighted by atomic mass is 32.2. The Morgan fingerprint density at radius 1 is 1.36 bits per heavy atom. The molecule has 0 radical (unpaired) electrons. The van der Waals surface area contributed by atoms with Crippen LogP contribution in [0.25, 0.3) is 11.2 Å². The van der Waals surface area contributed by atoms with E-state index in [1.165, 1.54) is 43.1 Å². The van der Waals surface area contributed by atoms with Crippen molar-refractivity contribution < 1.29 is 0 Å². The molecular formula is C17H24N4S. The lowest BCUT2D eigenvalue weighted by atomic mass is 10.0. The molecule has 2 aliphatic heterocycles. The van der Waals surface area contributed by atoms with E-state index in [0.29, 0.717) is 6.17 Å². The molecule has 4 heterocycles. The molecule has 0 aliphatic carbocycles. The van der Waals surface area contributed by atoms with Crippen molar-refractivity contribution in [2.24, 2.45) is 5.92 Å². The van der Waals surface area contributed by atoms with Gasteiger partial charge in [-0.3, -0.25) is 9.47 Å². The Bertz CT molecular complexity index is 647. The van der Waals surface area contributed by atoms with Crippen LogP contribution in [0, 0.1) is 5.92 Å². The molecular weight excluding hydrogens is 292 g/mol. The zero-order valence-electron chi connectivity index (χ0n) is 13.2. The third-order valence-corrected chi connectivity index (χ3v) is 6.28. The first-order chi connectivity index (χ1) is 10.9. The van der Waals surface area contributed by atoms with Crippen LogP contribution in [-0.2, 0) is 6.42 Å². The summed E-state index contributed by atoms with van der Waals surface area (Å²) in [6, 6.07) is 4.11. The van der Waals surface area contributed by atoms with Crippen LogP contribution >= 0.6 is 11.8 Å². The van der Waals surface area contributed by atoms with Crippen molar-refractivity contribution in [3.63, 3.8) is 0 Å². The number of nitrogens with zero attached hydrogens (tertiary/aromatic N) is 4. The van der Waals surface area contributed by atoms with Crippen LogP contribution in [0.15, 0.2) is 18.3 Å². The van der Waals surface area contributed by atoms with Gasteiger partial charge in [0.05, 0.1) is 6.17 Å². The van der Waals surface area contributed by atoms with Crippen LogP contribution < -0.4 is 0 Å². The van der Waals surface area contributed by atoms with Gasteiger partial charge in [-0.05, 0) is 55.4 Å². The molecule has 4 rings (SSSR count). The van der Waals surface area contributed by atoms with Crippen LogP contribution in [0.3, 0.4) is 0 Å². The molecule has 2 aromatic rings. The van der Waals surface area contributed by atoms with E-state index >= 15 is 0 Å². The number of thioether (sulfide) groups is 1. The number of hydrogen-bond donors (Lipinski definition) is 0. The van der Waals surface area contributed by atoms with Crippen molar-refractivity contribution in [2.45, 2.75) is 38.8 Å². The molecule has 0 saturated carbocycles. The Morgan fingerprint density at radius 2 is 2.32 bits per heavy atom. The van der Waals surface area contributed by atoms with Crippen LogP contribution in [-0.4, -0.2) is 44.0 Å². The van der Waals surface area contributed by atoms with Gasteiger partial charge in [-0.2, -0.15) is 11.8 Å². The third kappa shape index (κ3) is 2.54. The first kappa shape index (κ1) is 14.5. The lowest BCUT2D eigenvalue weighted by molar-refractivity contribution is 0.202. The Labute approximate surface area is 136 Å². The number of aromatic nitrogens is 3. The summed E-state index contributed by atoms with van der Waals surface area (Å²) < 4.78 is 2.45. The Balaban J connectivity index is 1.75. The van der Waals surface area contributed by atoms with Gasteiger partial charge >= 0.3 is 0 Å². The van der Waals surface area contributed by atoms with E-state index in [1.54, 1.807) is 0 Å². The summed E-state index contributed by atoms with van der Waals surface area (Å²) in [5, 5.41) is 0. The average molecular weight is 316 g/mol. The van der Waals surface area contributed by atoms with Gasteiger partial charge in [-0.25, -0.2) is 9.97 Å². The molecule has 0 N–H and O–H groups in total. The number of fused-ring (bicyclic) bond motifs is 1. The predicted molar refractivity (Wildman–Crippen MR) is 92.2 cm³/mol. The molecule has 2 saturated heterocycles. The summed E-state index contributed by atoms with van der Waals surface area (Å²) in [5.41, 5.74) is 2.14. The summed E-state index contributed by atoms with van der Waals surface area (Å²) in [6.45, 7) is 4.57. The van der Waals surface area contributed by atoms with E-state index in [2.05, 4.69) is 39.2 Å². The molecule has 4 nitrogen and oxygen atoms in total. The van der Waals surface area contributed by atoms with Crippen molar-refractivity contribution in [2.75, 3.05) is 24.6 Å². The first-order valence-electron chi connectivity index (χ1n) is 8.50. The van der Waals surface area contributed by atoms with Gasteiger partial charge < -0.3 is 0 Å². The molecule has 0 amide bonds. The number of pyridine rings is 1. The van der Waals surface area contributed by atoms with Gasteiger partial charge in [0.15, 0.2) is 5.65 Å². The number of hydrogen-bond acceptors (Lipinski definition) is 4. The smallest absolute Gasteiger partial charge is 0.161 e. The minimum atomic E-state index is 0.453. The van der Waals surface area contributed by atoms with Crippen molar-refractivity contribution in [3.8, 4) is 0 Å². The number of imidazole rings is 1. The van der Waals surface area contributed by atoms with Gasteiger partial charge in [0.2, 0.25) is 0 Å². The summed E-state index contributed by atoms with van der Waals surface area (Å²) >= 11 is 2.09. The lowest BCUT2D eigenvalue weighted by Gasteiger charge is -2.26. The Hall–Kier alpha value is -1.07. The molecule has 118 valence electrons. The van der Waals surface area contributed by atoms with Crippen LogP contribution in [0.4, 0.5) is 0 Å². The maximum atomic E-state index is 4.95. The van der Waals surface area contributed by atoms with E-state index in [9.17, 15) is 0 Å². The van der Waals surface area contributed by atoms with E-state index in [-0.39, 0.29) is 0 Å². The highest BCUT2D eigenvalue weighted by Crippen LogP contribution is 2.33. The van der Waals surface area contributed by atoms with Gasteiger partial charge in [0.25, 0.3) is 0 Å². The van der Waals surface area contributed by atoms with Crippen molar-refractivity contribution in [1.82, 2.24) is 19.4 Å². The van der Waals surface area contributed by atoms with Gasteiger partial charge in [0.1, 0.15) is 11.3 Å². The summed E-state index contributed by atoms with van der Waals surface area (Å²) in [6.07, 6.45) is 7.31. The summed E-state index contributed by atoms with van der Waals surface area (Å²) in [7, 11) is 0. The highest BCUT2D eigenvalue weighted by molar-refractivity contribution is 7.99. The van der Waals surface area contributed by atoms with Crippen LogP contribution in [0.1, 0.15) is 38.2 Å². The van der Waals surface area contributed by atoms with E-state index in [1.807, 2.05) is 12.3 Å². The average Bonchev–Trinajstić information content (AvgIpc) is 3.25. The zero-order chi connectivity index (χ0) is 14.9. The van der Waals surface area contributed by atoms with Crippen molar-refractivity contribution in [1.29, 1.82) is 0 Å². The Kier molecular flexibility index (Phi) is 4.09. The van der Waals surface area contributed by atoms with Gasteiger partial charge in [0, 0.05) is 19.2 Å². The van der Waals surface area contributed by atoms with E-state index < -0.39 is 0 Å². The highest BCUT2D eigenvalue weighted by Gasteiger charge is 2.30. The molecule has 5 heteroatoms. The fraction of sp³-hybridized carbons (Fsp3) is 0.647. The zero-order valence-corrected chi connectivity index (χ0v) is 14.1. The largest absolute Gasteiger partial charge is 0.296 e. The molecule has 22 heavy (non-hydrogen) atoms. The van der Waals surface area contributed by atoms with Crippen LogP contribution in [0.5, 0.6) is 0 Å². The molecule has 2 aromatic heterocycles. The molecule has 0 aromatic carbocycles.